The van der Waals surface area contributed by atoms with Crippen molar-refractivity contribution in [3.8, 4) is 0 Å². The van der Waals surface area contributed by atoms with Gasteiger partial charge in [-0.25, -0.2) is 0 Å². The smallest absolute Gasteiger partial charge is 0.0352 e. The zero-order valence-electron chi connectivity index (χ0n) is 11.0. The fraction of sp³-hybridized carbons (Fsp3) is 1.00. The Bertz CT molecular complexity index is 186. The van der Waals surface area contributed by atoms with Crippen molar-refractivity contribution in [3.05, 3.63) is 0 Å². The van der Waals surface area contributed by atoms with Crippen LogP contribution in [0.1, 0.15) is 27.2 Å². The largest absolute Gasteiger partial charge is 0.318 e. The molecule has 0 aromatic heterocycles. The molecule has 0 amide bonds. The Morgan fingerprint density at radius 1 is 1.27 bits per heavy atom. The number of nitrogens with zero attached hydrogens (tertiary/aromatic N) is 2. The maximum atomic E-state index is 3.32. The molecule has 0 radical (unpaired) electrons. The van der Waals surface area contributed by atoms with E-state index in [0.717, 1.165) is 6.54 Å². The molecule has 1 fully saturated rings. The van der Waals surface area contributed by atoms with Crippen LogP contribution in [0.2, 0.25) is 0 Å². The Kier molecular flexibility index (Phi) is 4.56. The Labute approximate surface area is 94.8 Å². The van der Waals surface area contributed by atoms with E-state index in [0.29, 0.717) is 6.04 Å². The first-order chi connectivity index (χ1) is 6.95. The summed E-state index contributed by atoms with van der Waals surface area (Å²) >= 11 is 0. The van der Waals surface area contributed by atoms with E-state index in [1.54, 1.807) is 0 Å². The first-order valence-electron chi connectivity index (χ1n) is 6.05. The Morgan fingerprint density at radius 2 is 1.93 bits per heavy atom. The zero-order chi connectivity index (χ0) is 11.5. The summed E-state index contributed by atoms with van der Waals surface area (Å²) in [5.74, 6) is 0. The lowest BCUT2D eigenvalue weighted by Crippen LogP contribution is -2.53. The minimum atomic E-state index is 0.284. The zero-order valence-corrected chi connectivity index (χ0v) is 11.0. The van der Waals surface area contributed by atoms with Crippen molar-refractivity contribution < 1.29 is 0 Å². The third kappa shape index (κ3) is 3.74. The standard InChI is InChI=1S/C12H27N3/c1-12(2,3)15-8-6-7-14(5)10-11(15)9-13-4/h11,13H,6-10H2,1-5H3. The van der Waals surface area contributed by atoms with Gasteiger partial charge >= 0.3 is 0 Å². The average molecular weight is 213 g/mol. The monoisotopic (exact) mass is 213 g/mol. The molecule has 3 nitrogen and oxygen atoms in total. The normalized spacial score (nSPS) is 26.6. The topological polar surface area (TPSA) is 18.5 Å². The molecule has 0 saturated carbocycles. The van der Waals surface area contributed by atoms with Crippen LogP contribution in [0.4, 0.5) is 0 Å². The summed E-state index contributed by atoms with van der Waals surface area (Å²) < 4.78 is 0. The van der Waals surface area contributed by atoms with Gasteiger partial charge in [0.05, 0.1) is 0 Å². The molecule has 1 atom stereocenters. The summed E-state index contributed by atoms with van der Waals surface area (Å²) in [6, 6.07) is 0.641. The molecular formula is C12H27N3. The van der Waals surface area contributed by atoms with Gasteiger partial charge in [0.2, 0.25) is 0 Å². The van der Waals surface area contributed by atoms with Gasteiger partial charge < -0.3 is 10.2 Å². The number of hydrogen-bond acceptors (Lipinski definition) is 3. The molecule has 15 heavy (non-hydrogen) atoms. The van der Waals surface area contributed by atoms with Crippen molar-refractivity contribution in [1.82, 2.24) is 15.1 Å². The summed E-state index contributed by atoms with van der Waals surface area (Å²) in [5.41, 5.74) is 0.284. The third-order valence-electron chi connectivity index (χ3n) is 3.20. The van der Waals surface area contributed by atoms with E-state index >= 15 is 0 Å². The van der Waals surface area contributed by atoms with Crippen molar-refractivity contribution in [2.75, 3.05) is 40.3 Å². The Balaban J connectivity index is 2.71. The SMILES string of the molecule is CNCC1CN(C)CCCN1C(C)(C)C. The fourth-order valence-electron chi connectivity index (χ4n) is 2.54. The molecule has 1 heterocycles. The van der Waals surface area contributed by atoms with E-state index in [2.05, 4.69) is 42.9 Å². The molecule has 0 aromatic rings. The molecule has 1 saturated heterocycles. The predicted octanol–water partition coefficient (Wildman–Crippen LogP) is 1.01. The number of rotatable bonds is 2. The first kappa shape index (κ1) is 12.9. The van der Waals surface area contributed by atoms with Crippen LogP contribution < -0.4 is 5.32 Å². The number of likely N-dealkylation sites (N-methyl/N-ethyl adjacent to an activating group) is 2. The highest BCUT2D eigenvalue weighted by atomic mass is 15.3. The van der Waals surface area contributed by atoms with Crippen molar-refractivity contribution in [2.45, 2.75) is 38.8 Å². The minimum Gasteiger partial charge on any atom is -0.318 e. The highest BCUT2D eigenvalue weighted by molar-refractivity contribution is 4.87. The molecule has 0 aromatic carbocycles. The highest BCUT2D eigenvalue weighted by Crippen LogP contribution is 2.20. The van der Waals surface area contributed by atoms with Gasteiger partial charge in [-0.3, -0.25) is 4.90 Å². The van der Waals surface area contributed by atoms with Crippen molar-refractivity contribution in [2.24, 2.45) is 0 Å². The van der Waals surface area contributed by atoms with Gasteiger partial charge in [0, 0.05) is 31.2 Å². The maximum absolute atomic E-state index is 3.32. The van der Waals surface area contributed by atoms with E-state index in [9.17, 15) is 0 Å². The second-order valence-corrected chi connectivity index (χ2v) is 5.69. The minimum absolute atomic E-state index is 0.284. The molecule has 1 N–H and O–H groups in total. The predicted molar refractivity (Wildman–Crippen MR) is 66.3 cm³/mol. The molecule has 1 unspecified atom stereocenters. The molecule has 90 valence electrons. The van der Waals surface area contributed by atoms with E-state index < -0.39 is 0 Å². The second kappa shape index (κ2) is 5.28. The molecule has 1 aliphatic rings. The molecule has 1 aliphatic heterocycles. The van der Waals surface area contributed by atoms with Gasteiger partial charge in [-0.15, -0.1) is 0 Å². The summed E-state index contributed by atoms with van der Waals surface area (Å²) in [6.07, 6.45) is 1.29. The summed E-state index contributed by atoms with van der Waals surface area (Å²) in [7, 11) is 4.28. The lowest BCUT2D eigenvalue weighted by molar-refractivity contribution is 0.0833. The van der Waals surface area contributed by atoms with Crippen LogP contribution in [0.3, 0.4) is 0 Å². The summed E-state index contributed by atoms with van der Waals surface area (Å²) in [4.78, 5) is 5.10. The van der Waals surface area contributed by atoms with Gasteiger partial charge in [0.1, 0.15) is 0 Å². The van der Waals surface area contributed by atoms with Crippen LogP contribution in [0.25, 0.3) is 0 Å². The van der Waals surface area contributed by atoms with Gasteiger partial charge in [0.25, 0.3) is 0 Å². The lowest BCUT2D eigenvalue weighted by atomic mass is 10.0. The summed E-state index contributed by atoms with van der Waals surface area (Å²) in [5, 5.41) is 3.32. The van der Waals surface area contributed by atoms with Gasteiger partial charge in [-0.2, -0.15) is 0 Å². The van der Waals surface area contributed by atoms with Crippen molar-refractivity contribution in [1.29, 1.82) is 0 Å². The maximum Gasteiger partial charge on any atom is 0.0352 e. The van der Waals surface area contributed by atoms with Crippen molar-refractivity contribution in [3.63, 3.8) is 0 Å². The molecule has 0 spiro atoms. The van der Waals surface area contributed by atoms with Gasteiger partial charge in [0.15, 0.2) is 0 Å². The fourth-order valence-corrected chi connectivity index (χ4v) is 2.54. The second-order valence-electron chi connectivity index (χ2n) is 5.69. The van der Waals surface area contributed by atoms with Gasteiger partial charge in [-0.05, 0) is 47.8 Å². The quantitative estimate of drug-likeness (QED) is 0.738. The van der Waals surface area contributed by atoms with Crippen LogP contribution in [0.5, 0.6) is 0 Å². The van der Waals surface area contributed by atoms with Crippen molar-refractivity contribution >= 4 is 0 Å². The third-order valence-corrected chi connectivity index (χ3v) is 3.20. The molecule has 3 heteroatoms. The van der Waals surface area contributed by atoms with Crippen LogP contribution >= 0.6 is 0 Å². The first-order valence-corrected chi connectivity index (χ1v) is 6.05. The molecular weight excluding hydrogens is 186 g/mol. The van der Waals surface area contributed by atoms with Crippen LogP contribution in [0, 0.1) is 0 Å². The Hall–Kier alpha value is -0.120. The molecule has 0 aliphatic carbocycles. The van der Waals surface area contributed by atoms with E-state index in [4.69, 9.17) is 0 Å². The highest BCUT2D eigenvalue weighted by Gasteiger charge is 2.30. The summed E-state index contributed by atoms with van der Waals surface area (Å²) in [6.45, 7) is 11.7. The van der Waals surface area contributed by atoms with E-state index in [-0.39, 0.29) is 5.54 Å². The van der Waals surface area contributed by atoms with Crippen LogP contribution in [0.15, 0.2) is 0 Å². The van der Waals surface area contributed by atoms with Crippen LogP contribution in [-0.4, -0.2) is 61.7 Å². The van der Waals surface area contributed by atoms with Gasteiger partial charge in [-0.1, -0.05) is 0 Å². The van der Waals surface area contributed by atoms with E-state index in [1.165, 1.54) is 26.1 Å². The lowest BCUT2D eigenvalue weighted by Gasteiger charge is -2.41. The van der Waals surface area contributed by atoms with E-state index in [1.807, 2.05) is 7.05 Å². The number of nitrogens with one attached hydrogen (secondary N) is 1. The van der Waals surface area contributed by atoms with Crippen LogP contribution in [-0.2, 0) is 0 Å². The Morgan fingerprint density at radius 3 is 2.47 bits per heavy atom. The molecule has 1 rings (SSSR count). The number of hydrogen-bond donors (Lipinski definition) is 1. The molecule has 0 bridgehead atoms. The average Bonchev–Trinajstić information content (AvgIpc) is 2.26.